The van der Waals surface area contributed by atoms with E-state index < -0.39 is 0 Å². The number of nitrogens with zero attached hydrogens (tertiary/aromatic N) is 1. The molecule has 1 fully saturated rings. The fourth-order valence-electron chi connectivity index (χ4n) is 2.60. The van der Waals surface area contributed by atoms with Gasteiger partial charge in [-0.15, -0.1) is 0 Å². The molecule has 1 aromatic rings. The van der Waals surface area contributed by atoms with Crippen LogP contribution in [0.15, 0.2) is 12.3 Å². The molecular formula is C13H20N4O2. The van der Waals surface area contributed by atoms with E-state index in [-0.39, 0.29) is 23.8 Å². The molecule has 0 saturated heterocycles. The maximum atomic E-state index is 12.1. The molecule has 1 saturated carbocycles. The first-order valence-corrected chi connectivity index (χ1v) is 6.49. The summed E-state index contributed by atoms with van der Waals surface area (Å²) >= 11 is 0. The van der Waals surface area contributed by atoms with E-state index in [0.717, 1.165) is 25.7 Å². The van der Waals surface area contributed by atoms with Crippen LogP contribution in [0.5, 0.6) is 0 Å². The van der Waals surface area contributed by atoms with Crippen molar-refractivity contribution >= 4 is 17.5 Å². The minimum atomic E-state index is -0.236. The molecular weight excluding hydrogens is 244 g/mol. The van der Waals surface area contributed by atoms with E-state index >= 15 is 0 Å². The molecule has 2 rings (SSSR count). The van der Waals surface area contributed by atoms with Gasteiger partial charge < -0.3 is 21.4 Å². The molecule has 5 N–H and O–H groups in total. The van der Waals surface area contributed by atoms with E-state index in [1.807, 2.05) is 0 Å². The molecule has 1 aliphatic rings. The number of hydrogen-bond acceptors (Lipinski definition) is 3. The Morgan fingerprint density at radius 1 is 1.32 bits per heavy atom. The molecule has 1 aliphatic carbocycles. The second kappa shape index (κ2) is 5.34. The Kier molecular flexibility index (Phi) is 3.78. The highest BCUT2D eigenvalue weighted by molar-refractivity contribution is 5.94. The lowest BCUT2D eigenvalue weighted by Gasteiger charge is -2.27. The monoisotopic (exact) mass is 264 g/mol. The van der Waals surface area contributed by atoms with Crippen LogP contribution in [0.3, 0.4) is 0 Å². The predicted molar refractivity (Wildman–Crippen MR) is 72.2 cm³/mol. The lowest BCUT2D eigenvalue weighted by Crippen LogP contribution is -2.40. The second-order valence-electron chi connectivity index (χ2n) is 5.19. The van der Waals surface area contributed by atoms with E-state index in [9.17, 15) is 9.59 Å². The summed E-state index contributed by atoms with van der Waals surface area (Å²) in [5, 5.41) is 2.98. The van der Waals surface area contributed by atoms with Gasteiger partial charge in [0.1, 0.15) is 5.69 Å². The number of amides is 2. The third kappa shape index (κ3) is 3.07. The van der Waals surface area contributed by atoms with Crippen molar-refractivity contribution in [1.82, 2.24) is 9.88 Å². The van der Waals surface area contributed by atoms with Gasteiger partial charge in [0.05, 0.1) is 5.69 Å². The van der Waals surface area contributed by atoms with Gasteiger partial charge in [-0.1, -0.05) is 0 Å². The van der Waals surface area contributed by atoms with E-state index in [1.165, 1.54) is 0 Å². The van der Waals surface area contributed by atoms with Crippen LogP contribution < -0.4 is 16.8 Å². The summed E-state index contributed by atoms with van der Waals surface area (Å²) in [7, 11) is 1.79. The number of aryl methyl sites for hydroxylation is 1. The molecule has 0 spiro atoms. The summed E-state index contributed by atoms with van der Waals surface area (Å²) in [5.74, 6) is -0.402. The summed E-state index contributed by atoms with van der Waals surface area (Å²) in [6.45, 7) is 0. The SMILES string of the molecule is Cn1cc(N)cc1C(=O)NC1CCC(C(N)=O)CC1. The smallest absolute Gasteiger partial charge is 0.268 e. The van der Waals surface area contributed by atoms with Crippen LogP contribution in [0.2, 0.25) is 0 Å². The van der Waals surface area contributed by atoms with Crippen molar-refractivity contribution < 1.29 is 9.59 Å². The highest BCUT2D eigenvalue weighted by Crippen LogP contribution is 2.24. The molecule has 0 radical (unpaired) electrons. The number of primary amides is 1. The number of hydrogen-bond donors (Lipinski definition) is 3. The van der Waals surface area contributed by atoms with Crippen molar-refractivity contribution in [2.24, 2.45) is 18.7 Å². The number of anilines is 1. The number of nitrogen functional groups attached to an aromatic ring is 1. The lowest BCUT2D eigenvalue weighted by atomic mass is 9.85. The molecule has 1 heterocycles. The van der Waals surface area contributed by atoms with Crippen LogP contribution in [-0.2, 0) is 11.8 Å². The van der Waals surface area contributed by atoms with Crippen molar-refractivity contribution in [3.05, 3.63) is 18.0 Å². The Morgan fingerprint density at radius 3 is 2.42 bits per heavy atom. The number of rotatable bonds is 3. The van der Waals surface area contributed by atoms with Crippen LogP contribution in [0.25, 0.3) is 0 Å². The normalized spacial score (nSPS) is 23.0. The molecule has 19 heavy (non-hydrogen) atoms. The largest absolute Gasteiger partial charge is 0.397 e. The van der Waals surface area contributed by atoms with Crippen molar-refractivity contribution in [2.75, 3.05) is 5.73 Å². The number of nitrogens with two attached hydrogens (primary N) is 2. The molecule has 0 unspecified atom stereocenters. The predicted octanol–water partition coefficient (Wildman–Crippen LogP) is 0.381. The maximum absolute atomic E-state index is 12.1. The van der Waals surface area contributed by atoms with Gasteiger partial charge in [-0.25, -0.2) is 0 Å². The zero-order valence-electron chi connectivity index (χ0n) is 11.1. The molecule has 1 aromatic heterocycles. The average Bonchev–Trinajstić information content (AvgIpc) is 2.69. The van der Waals surface area contributed by atoms with Crippen LogP contribution >= 0.6 is 0 Å². The van der Waals surface area contributed by atoms with Crippen LogP contribution in [0.4, 0.5) is 5.69 Å². The Balaban J connectivity index is 1.91. The van der Waals surface area contributed by atoms with Crippen molar-refractivity contribution in [3.8, 4) is 0 Å². The minimum Gasteiger partial charge on any atom is -0.397 e. The van der Waals surface area contributed by atoms with Gasteiger partial charge in [0.2, 0.25) is 5.91 Å². The van der Waals surface area contributed by atoms with Gasteiger partial charge in [-0.3, -0.25) is 9.59 Å². The maximum Gasteiger partial charge on any atom is 0.268 e. The summed E-state index contributed by atoms with van der Waals surface area (Å²) in [4.78, 5) is 23.2. The summed E-state index contributed by atoms with van der Waals surface area (Å²) in [5.41, 5.74) is 12.1. The number of aromatic nitrogens is 1. The zero-order valence-corrected chi connectivity index (χ0v) is 11.1. The molecule has 0 aromatic carbocycles. The molecule has 0 atom stereocenters. The molecule has 0 aliphatic heterocycles. The lowest BCUT2D eigenvalue weighted by molar-refractivity contribution is -0.122. The third-order valence-corrected chi connectivity index (χ3v) is 3.72. The van der Waals surface area contributed by atoms with Gasteiger partial charge in [0.15, 0.2) is 0 Å². The first kappa shape index (κ1) is 13.5. The van der Waals surface area contributed by atoms with Gasteiger partial charge in [-0.05, 0) is 31.7 Å². The fraction of sp³-hybridized carbons (Fsp3) is 0.538. The van der Waals surface area contributed by atoms with Crippen molar-refractivity contribution in [2.45, 2.75) is 31.7 Å². The standard InChI is InChI=1S/C13H20N4O2/c1-17-7-9(14)6-11(17)13(19)16-10-4-2-8(3-5-10)12(15)18/h6-8,10H,2-5,14H2,1H3,(H2,15,18)(H,16,19). The van der Waals surface area contributed by atoms with Gasteiger partial charge in [-0.2, -0.15) is 0 Å². The van der Waals surface area contributed by atoms with Crippen LogP contribution in [-0.4, -0.2) is 22.4 Å². The summed E-state index contributed by atoms with van der Waals surface area (Å²) < 4.78 is 1.71. The quantitative estimate of drug-likeness (QED) is 0.735. The highest BCUT2D eigenvalue weighted by Gasteiger charge is 2.26. The topological polar surface area (TPSA) is 103 Å². The first-order chi connectivity index (χ1) is 8.97. The Hall–Kier alpha value is -1.98. The number of carbonyl (C=O) groups excluding carboxylic acids is 2. The van der Waals surface area contributed by atoms with Crippen LogP contribution in [0.1, 0.15) is 36.2 Å². The third-order valence-electron chi connectivity index (χ3n) is 3.72. The summed E-state index contributed by atoms with van der Waals surface area (Å²) in [6, 6.07) is 1.77. The first-order valence-electron chi connectivity index (χ1n) is 6.49. The second-order valence-corrected chi connectivity index (χ2v) is 5.19. The average molecular weight is 264 g/mol. The Morgan fingerprint density at radius 2 is 1.95 bits per heavy atom. The van der Waals surface area contributed by atoms with Gasteiger partial charge in [0.25, 0.3) is 5.91 Å². The number of carbonyl (C=O) groups is 2. The molecule has 6 nitrogen and oxygen atoms in total. The van der Waals surface area contributed by atoms with E-state index in [1.54, 1.807) is 23.9 Å². The Bertz CT molecular complexity index is 487. The molecule has 2 amide bonds. The van der Waals surface area contributed by atoms with E-state index in [2.05, 4.69) is 5.32 Å². The number of nitrogens with one attached hydrogen (secondary N) is 1. The van der Waals surface area contributed by atoms with Gasteiger partial charge >= 0.3 is 0 Å². The van der Waals surface area contributed by atoms with Gasteiger partial charge in [0, 0.05) is 25.2 Å². The Labute approximate surface area is 112 Å². The summed E-state index contributed by atoms with van der Waals surface area (Å²) in [6.07, 6.45) is 4.78. The van der Waals surface area contributed by atoms with E-state index in [4.69, 9.17) is 11.5 Å². The van der Waals surface area contributed by atoms with Crippen molar-refractivity contribution in [1.29, 1.82) is 0 Å². The fourth-order valence-corrected chi connectivity index (χ4v) is 2.60. The molecule has 6 heteroatoms. The minimum absolute atomic E-state index is 0.0427. The highest BCUT2D eigenvalue weighted by atomic mass is 16.2. The molecule has 0 bridgehead atoms. The van der Waals surface area contributed by atoms with Crippen molar-refractivity contribution in [3.63, 3.8) is 0 Å². The van der Waals surface area contributed by atoms with Crippen LogP contribution in [0, 0.1) is 5.92 Å². The zero-order chi connectivity index (χ0) is 14.0. The van der Waals surface area contributed by atoms with E-state index in [0.29, 0.717) is 11.4 Å². The molecule has 104 valence electrons.